The standard InChI is InChI=1S/C20H19N/c1-2-17-13-15-20(16-14-17,18-9-5-3-6-10-18)21-19-11-7-4-8-12-19/h2-15,21H,1,16H2. The van der Waals surface area contributed by atoms with Crippen LogP contribution in [0.5, 0.6) is 0 Å². The molecule has 0 spiro atoms. The van der Waals surface area contributed by atoms with Crippen LogP contribution < -0.4 is 5.32 Å². The predicted octanol–water partition coefficient (Wildman–Crippen LogP) is 5.07. The lowest BCUT2D eigenvalue weighted by Crippen LogP contribution is -2.34. The van der Waals surface area contributed by atoms with Crippen LogP contribution in [-0.4, -0.2) is 0 Å². The predicted molar refractivity (Wildman–Crippen MR) is 90.2 cm³/mol. The van der Waals surface area contributed by atoms with Crippen molar-refractivity contribution in [3.63, 3.8) is 0 Å². The van der Waals surface area contributed by atoms with Crippen LogP contribution >= 0.6 is 0 Å². The molecule has 0 aliphatic heterocycles. The summed E-state index contributed by atoms with van der Waals surface area (Å²) in [4.78, 5) is 0. The fourth-order valence-corrected chi connectivity index (χ4v) is 2.70. The number of nitrogens with one attached hydrogen (secondary N) is 1. The molecule has 0 heterocycles. The molecule has 1 aliphatic rings. The number of para-hydroxylation sites is 1. The van der Waals surface area contributed by atoms with Crippen molar-refractivity contribution in [3.8, 4) is 0 Å². The highest BCUT2D eigenvalue weighted by Crippen LogP contribution is 2.35. The molecule has 2 aromatic rings. The van der Waals surface area contributed by atoms with Gasteiger partial charge in [0, 0.05) is 5.69 Å². The number of benzene rings is 2. The second-order valence-corrected chi connectivity index (χ2v) is 5.27. The molecule has 1 N–H and O–H groups in total. The highest BCUT2D eigenvalue weighted by Gasteiger charge is 2.29. The summed E-state index contributed by atoms with van der Waals surface area (Å²) < 4.78 is 0. The summed E-state index contributed by atoms with van der Waals surface area (Å²) in [6.45, 7) is 3.85. The Bertz CT molecular complexity index is 667. The third kappa shape index (κ3) is 2.82. The van der Waals surface area contributed by atoms with E-state index in [4.69, 9.17) is 0 Å². The monoisotopic (exact) mass is 273 g/mol. The molecule has 0 amide bonds. The maximum absolute atomic E-state index is 3.85. The molecular formula is C20H19N. The van der Waals surface area contributed by atoms with Gasteiger partial charge >= 0.3 is 0 Å². The number of hydrogen-bond acceptors (Lipinski definition) is 1. The van der Waals surface area contributed by atoms with Gasteiger partial charge in [-0.25, -0.2) is 0 Å². The number of rotatable bonds is 4. The summed E-state index contributed by atoms with van der Waals surface area (Å²) in [7, 11) is 0. The van der Waals surface area contributed by atoms with Gasteiger partial charge in [0.1, 0.15) is 0 Å². The lowest BCUT2D eigenvalue weighted by Gasteiger charge is -2.35. The Morgan fingerprint density at radius 2 is 1.62 bits per heavy atom. The van der Waals surface area contributed by atoms with Gasteiger partial charge < -0.3 is 5.32 Å². The first kappa shape index (κ1) is 13.4. The molecule has 3 rings (SSSR count). The van der Waals surface area contributed by atoms with E-state index in [1.807, 2.05) is 12.1 Å². The Morgan fingerprint density at radius 3 is 2.19 bits per heavy atom. The average Bonchev–Trinajstić information content (AvgIpc) is 2.57. The molecule has 0 fully saturated rings. The van der Waals surface area contributed by atoms with E-state index in [0.29, 0.717) is 0 Å². The molecule has 104 valence electrons. The minimum Gasteiger partial charge on any atom is -0.372 e. The highest BCUT2D eigenvalue weighted by molar-refractivity contribution is 5.53. The van der Waals surface area contributed by atoms with E-state index in [1.54, 1.807) is 0 Å². The van der Waals surface area contributed by atoms with E-state index >= 15 is 0 Å². The molecule has 21 heavy (non-hydrogen) atoms. The van der Waals surface area contributed by atoms with Crippen molar-refractivity contribution in [2.75, 3.05) is 5.32 Å². The molecule has 0 saturated carbocycles. The zero-order valence-corrected chi connectivity index (χ0v) is 12.0. The van der Waals surface area contributed by atoms with Crippen LogP contribution in [0.1, 0.15) is 12.0 Å². The topological polar surface area (TPSA) is 12.0 Å². The first-order valence-corrected chi connectivity index (χ1v) is 7.23. The number of allylic oxidation sites excluding steroid dienone is 3. The third-order valence-electron chi connectivity index (χ3n) is 3.89. The van der Waals surface area contributed by atoms with Gasteiger partial charge in [0.25, 0.3) is 0 Å². The Labute approximate surface area is 126 Å². The molecule has 2 aromatic carbocycles. The Kier molecular flexibility index (Phi) is 3.74. The van der Waals surface area contributed by atoms with Crippen molar-refractivity contribution in [2.45, 2.75) is 12.0 Å². The normalized spacial score (nSPS) is 20.7. The van der Waals surface area contributed by atoms with Crippen LogP contribution in [0, 0.1) is 0 Å². The van der Waals surface area contributed by atoms with Gasteiger partial charge in [-0.3, -0.25) is 0 Å². The second-order valence-electron chi connectivity index (χ2n) is 5.27. The zero-order valence-electron chi connectivity index (χ0n) is 12.0. The van der Waals surface area contributed by atoms with E-state index in [1.165, 1.54) is 11.1 Å². The zero-order chi connectivity index (χ0) is 14.5. The fourth-order valence-electron chi connectivity index (χ4n) is 2.70. The van der Waals surface area contributed by atoms with Crippen molar-refractivity contribution >= 4 is 5.69 Å². The van der Waals surface area contributed by atoms with Gasteiger partial charge in [0.2, 0.25) is 0 Å². The first-order chi connectivity index (χ1) is 10.3. The summed E-state index contributed by atoms with van der Waals surface area (Å²) in [5, 5.41) is 3.69. The summed E-state index contributed by atoms with van der Waals surface area (Å²) in [6.07, 6.45) is 9.42. The molecular weight excluding hydrogens is 254 g/mol. The fraction of sp³-hybridized carbons (Fsp3) is 0.100. The maximum Gasteiger partial charge on any atom is 0.0847 e. The van der Waals surface area contributed by atoms with E-state index < -0.39 is 0 Å². The first-order valence-electron chi connectivity index (χ1n) is 7.23. The lowest BCUT2D eigenvalue weighted by atomic mass is 9.82. The molecule has 1 unspecified atom stereocenters. The molecule has 0 aromatic heterocycles. The molecule has 1 heteroatoms. The van der Waals surface area contributed by atoms with Gasteiger partial charge in [0.15, 0.2) is 0 Å². The largest absolute Gasteiger partial charge is 0.372 e. The van der Waals surface area contributed by atoms with Crippen molar-refractivity contribution < 1.29 is 0 Å². The Hall–Kier alpha value is -2.54. The van der Waals surface area contributed by atoms with Gasteiger partial charge in [-0.05, 0) is 29.7 Å². The maximum atomic E-state index is 3.85. The van der Waals surface area contributed by atoms with Gasteiger partial charge in [0.05, 0.1) is 5.54 Å². The average molecular weight is 273 g/mol. The molecule has 0 saturated heterocycles. The summed E-state index contributed by atoms with van der Waals surface area (Å²) >= 11 is 0. The molecule has 0 bridgehead atoms. The minimum absolute atomic E-state index is 0.199. The van der Waals surface area contributed by atoms with E-state index in [9.17, 15) is 0 Å². The van der Waals surface area contributed by atoms with Crippen LogP contribution in [-0.2, 0) is 5.54 Å². The number of hydrogen-bond donors (Lipinski definition) is 1. The second kappa shape index (κ2) is 5.84. The van der Waals surface area contributed by atoms with Gasteiger partial charge in [-0.15, -0.1) is 0 Å². The van der Waals surface area contributed by atoms with Crippen molar-refractivity contribution in [1.29, 1.82) is 0 Å². The van der Waals surface area contributed by atoms with Gasteiger partial charge in [-0.2, -0.15) is 0 Å². The van der Waals surface area contributed by atoms with Gasteiger partial charge in [-0.1, -0.05) is 79.4 Å². The smallest absolute Gasteiger partial charge is 0.0847 e. The van der Waals surface area contributed by atoms with E-state index in [2.05, 4.69) is 84.7 Å². The van der Waals surface area contributed by atoms with E-state index in [0.717, 1.165) is 12.1 Å². The lowest BCUT2D eigenvalue weighted by molar-refractivity contribution is 0.616. The van der Waals surface area contributed by atoms with Crippen LogP contribution in [0.4, 0.5) is 5.69 Å². The van der Waals surface area contributed by atoms with Crippen LogP contribution in [0.2, 0.25) is 0 Å². The SMILES string of the molecule is C=CC1=CCC(Nc2ccccc2)(c2ccccc2)C=C1. The Balaban J connectivity index is 1.99. The highest BCUT2D eigenvalue weighted by atomic mass is 15.0. The molecule has 1 nitrogen and oxygen atoms in total. The third-order valence-corrected chi connectivity index (χ3v) is 3.89. The van der Waals surface area contributed by atoms with Crippen LogP contribution in [0.25, 0.3) is 0 Å². The van der Waals surface area contributed by atoms with Crippen molar-refractivity contribution in [2.24, 2.45) is 0 Å². The summed E-state index contributed by atoms with van der Waals surface area (Å²) in [6, 6.07) is 20.9. The van der Waals surface area contributed by atoms with E-state index in [-0.39, 0.29) is 5.54 Å². The number of anilines is 1. The van der Waals surface area contributed by atoms with Crippen LogP contribution in [0.3, 0.4) is 0 Å². The van der Waals surface area contributed by atoms with Crippen molar-refractivity contribution in [3.05, 3.63) is 103 Å². The molecule has 1 atom stereocenters. The summed E-state index contributed by atoms with van der Waals surface area (Å²) in [5.41, 5.74) is 3.37. The van der Waals surface area contributed by atoms with Crippen LogP contribution in [0.15, 0.2) is 97.1 Å². The quantitative estimate of drug-likeness (QED) is 0.820. The Morgan fingerprint density at radius 1 is 0.952 bits per heavy atom. The molecule has 1 aliphatic carbocycles. The summed E-state index contributed by atoms with van der Waals surface area (Å²) in [5.74, 6) is 0. The minimum atomic E-state index is -0.199. The van der Waals surface area contributed by atoms with Crippen molar-refractivity contribution in [1.82, 2.24) is 0 Å². The molecule has 0 radical (unpaired) electrons.